The van der Waals surface area contributed by atoms with Gasteiger partial charge in [0.05, 0.1) is 9.67 Å². The number of rotatable bonds is 6. The fourth-order valence-electron chi connectivity index (χ4n) is 1.60. The Labute approximate surface area is 119 Å². The third-order valence-electron chi connectivity index (χ3n) is 3.35. The van der Waals surface area contributed by atoms with E-state index in [4.69, 9.17) is 0 Å². The fourth-order valence-corrected chi connectivity index (χ4v) is 1.96. The van der Waals surface area contributed by atoms with Crippen molar-refractivity contribution in [3.8, 4) is 0 Å². The van der Waals surface area contributed by atoms with Crippen molar-refractivity contribution in [3.63, 3.8) is 0 Å². The molecule has 1 rings (SSSR count). The first-order valence-electron chi connectivity index (χ1n) is 6.19. The van der Waals surface area contributed by atoms with Crippen molar-refractivity contribution in [1.29, 1.82) is 0 Å². The summed E-state index contributed by atoms with van der Waals surface area (Å²) in [4.78, 5) is 10.4. The lowest BCUT2D eigenvalue weighted by Gasteiger charge is -2.22. The number of benzene rings is 1. The van der Waals surface area contributed by atoms with Crippen LogP contribution < -0.4 is 5.32 Å². The number of hydrogen-bond donors (Lipinski definition) is 1. The van der Waals surface area contributed by atoms with Gasteiger partial charge in [0.1, 0.15) is 0 Å². The smallest absolute Gasteiger partial charge is 0.272 e. The second-order valence-corrected chi connectivity index (χ2v) is 8.16. The van der Waals surface area contributed by atoms with E-state index in [1.807, 2.05) is 0 Å². The van der Waals surface area contributed by atoms with Crippen LogP contribution in [0.15, 0.2) is 18.2 Å². The van der Waals surface area contributed by atoms with Crippen molar-refractivity contribution in [1.82, 2.24) is 5.32 Å². The van der Waals surface area contributed by atoms with Gasteiger partial charge in [0.15, 0.2) is 9.84 Å². The first-order valence-corrected chi connectivity index (χ1v) is 8.08. The van der Waals surface area contributed by atoms with E-state index in [1.165, 1.54) is 12.3 Å². The third-order valence-corrected chi connectivity index (χ3v) is 5.51. The Hall–Kier alpha value is -1.47. The molecule has 0 saturated carbocycles. The Kier molecular flexibility index (Phi) is 4.88. The van der Waals surface area contributed by atoms with E-state index < -0.39 is 19.5 Å². The van der Waals surface area contributed by atoms with Crippen LogP contribution in [0.2, 0.25) is 0 Å². The Morgan fingerprint density at radius 1 is 1.35 bits per heavy atom. The summed E-state index contributed by atoms with van der Waals surface area (Å²) < 4.78 is 22.2. The van der Waals surface area contributed by atoms with E-state index in [9.17, 15) is 18.5 Å². The molecule has 0 radical (unpaired) electrons. The summed E-state index contributed by atoms with van der Waals surface area (Å²) in [5.41, 5.74) is 1.44. The zero-order chi connectivity index (χ0) is 15.6. The van der Waals surface area contributed by atoms with Crippen molar-refractivity contribution >= 4 is 15.5 Å². The molecule has 0 aliphatic heterocycles. The maximum absolute atomic E-state index is 11.6. The molecule has 7 heteroatoms. The van der Waals surface area contributed by atoms with Crippen LogP contribution in [0.1, 0.15) is 25.0 Å². The van der Waals surface area contributed by atoms with Crippen molar-refractivity contribution in [2.24, 2.45) is 0 Å². The second-order valence-electron chi connectivity index (χ2n) is 5.51. The van der Waals surface area contributed by atoms with Gasteiger partial charge in [0.25, 0.3) is 5.69 Å². The summed E-state index contributed by atoms with van der Waals surface area (Å²) in [5.74, 6) is 0. The average molecular weight is 300 g/mol. The molecule has 0 bridgehead atoms. The van der Waals surface area contributed by atoms with Gasteiger partial charge in [-0.1, -0.05) is 12.1 Å². The maximum atomic E-state index is 11.6. The summed E-state index contributed by atoms with van der Waals surface area (Å²) in [5, 5.41) is 13.9. The minimum Gasteiger partial charge on any atom is -0.311 e. The van der Waals surface area contributed by atoms with Crippen molar-refractivity contribution in [2.75, 3.05) is 12.8 Å². The zero-order valence-corrected chi connectivity index (χ0v) is 13.0. The number of nitro benzene ring substituents is 1. The number of nitrogens with one attached hydrogen (secondary N) is 1. The Morgan fingerprint density at radius 2 is 1.95 bits per heavy atom. The first kappa shape index (κ1) is 16.6. The molecule has 0 fully saturated rings. The summed E-state index contributed by atoms with van der Waals surface area (Å²) in [6, 6.07) is 5.00. The highest BCUT2D eigenvalue weighted by atomic mass is 32.2. The summed E-state index contributed by atoms with van der Waals surface area (Å²) in [6.45, 7) is 5.65. The zero-order valence-electron chi connectivity index (χ0n) is 12.1. The van der Waals surface area contributed by atoms with Gasteiger partial charge < -0.3 is 5.32 Å². The number of sulfone groups is 1. The molecule has 0 aliphatic carbocycles. The molecular weight excluding hydrogens is 280 g/mol. The van der Waals surface area contributed by atoms with Crippen molar-refractivity contribution in [3.05, 3.63) is 39.4 Å². The minimum atomic E-state index is -3.16. The van der Waals surface area contributed by atoms with Crippen LogP contribution in [0.5, 0.6) is 0 Å². The number of nitrogens with zero attached hydrogens (tertiary/aromatic N) is 1. The molecule has 1 N–H and O–H groups in total. The van der Waals surface area contributed by atoms with Gasteiger partial charge >= 0.3 is 0 Å². The van der Waals surface area contributed by atoms with Crippen molar-refractivity contribution < 1.29 is 13.3 Å². The Bertz CT molecular complexity index is 609. The average Bonchev–Trinajstić information content (AvgIpc) is 2.29. The molecule has 0 aromatic heterocycles. The minimum absolute atomic E-state index is 0.0756. The van der Waals surface area contributed by atoms with Crippen LogP contribution in [0, 0.1) is 17.0 Å². The summed E-state index contributed by atoms with van der Waals surface area (Å²) in [6.07, 6.45) is 1.20. The van der Waals surface area contributed by atoms with Crippen LogP contribution in [0.25, 0.3) is 0 Å². The Balaban J connectivity index is 2.73. The molecule has 0 unspecified atom stereocenters. The quantitative estimate of drug-likeness (QED) is 0.639. The van der Waals surface area contributed by atoms with E-state index in [0.29, 0.717) is 12.1 Å². The van der Waals surface area contributed by atoms with E-state index in [-0.39, 0.29) is 12.2 Å². The standard InChI is InChI=1S/C13H20N2O4S/c1-10-5-6-11(7-12(10)15(16)17)8-14-9-13(2,3)20(4,18)19/h5-7,14H,8-9H2,1-4H3. The van der Waals surface area contributed by atoms with Gasteiger partial charge in [-0.05, 0) is 26.3 Å². The van der Waals surface area contributed by atoms with E-state index >= 15 is 0 Å². The van der Waals surface area contributed by atoms with Crippen LogP contribution in [-0.2, 0) is 16.4 Å². The van der Waals surface area contributed by atoms with Crippen LogP contribution >= 0.6 is 0 Å². The molecule has 0 atom stereocenters. The highest BCUT2D eigenvalue weighted by Crippen LogP contribution is 2.19. The molecule has 0 saturated heterocycles. The van der Waals surface area contributed by atoms with Gasteiger partial charge in [0, 0.05) is 31.0 Å². The predicted molar refractivity (Wildman–Crippen MR) is 78.5 cm³/mol. The SMILES string of the molecule is Cc1ccc(CNCC(C)(C)S(C)(=O)=O)cc1[N+](=O)[O-]. The highest BCUT2D eigenvalue weighted by Gasteiger charge is 2.29. The third kappa shape index (κ3) is 4.01. The lowest BCUT2D eigenvalue weighted by Crippen LogP contribution is -2.41. The van der Waals surface area contributed by atoms with Crippen LogP contribution in [0.3, 0.4) is 0 Å². The molecule has 0 heterocycles. The number of hydrogen-bond acceptors (Lipinski definition) is 5. The molecule has 1 aromatic carbocycles. The van der Waals surface area contributed by atoms with Gasteiger partial charge in [-0.2, -0.15) is 0 Å². The molecule has 6 nitrogen and oxygen atoms in total. The second kappa shape index (κ2) is 5.88. The molecule has 0 aliphatic rings. The summed E-state index contributed by atoms with van der Waals surface area (Å²) in [7, 11) is -3.16. The topological polar surface area (TPSA) is 89.3 Å². The van der Waals surface area contributed by atoms with E-state index in [2.05, 4.69) is 5.32 Å². The molecule has 112 valence electrons. The van der Waals surface area contributed by atoms with Crippen LogP contribution in [0.4, 0.5) is 5.69 Å². The predicted octanol–water partition coefficient (Wildman–Crippen LogP) is 1.82. The van der Waals surface area contributed by atoms with Crippen molar-refractivity contribution in [2.45, 2.75) is 32.1 Å². The van der Waals surface area contributed by atoms with E-state index in [1.54, 1.807) is 32.9 Å². The van der Waals surface area contributed by atoms with Gasteiger partial charge in [-0.15, -0.1) is 0 Å². The monoisotopic (exact) mass is 300 g/mol. The van der Waals surface area contributed by atoms with Gasteiger partial charge in [0.2, 0.25) is 0 Å². The molecule has 0 amide bonds. The van der Waals surface area contributed by atoms with Gasteiger partial charge in [-0.3, -0.25) is 10.1 Å². The number of nitro groups is 1. The maximum Gasteiger partial charge on any atom is 0.272 e. The first-order chi connectivity index (χ1) is 9.04. The Morgan fingerprint density at radius 3 is 2.45 bits per heavy atom. The molecule has 0 spiro atoms. The van der Waals surface area contributed by atoms with Gasteiger partial charge in [-0.25, -0.2) is 8.42 Å². The normalized spacial score (nSPS) is 12.4. The molecule has 20 heavy (non-hydrogen) atoms. The lowest BCUT2D eigenvalue weighted by molar-refractivity contribution is -0.385. The lowest BCUT2D eigenvalue weighted by atomic mass is 10.1. The summed E-state index contributed by atoms with van der Waals surface area (Å²) >= 11 is 0. The highest BCUT2D eigenvalue weighted by molar-refractivity contribution is 7.92. The molecule has 1 aromatic rings. The van der Waals surface area contributed by atoms with E-state index in [0.717, 1.165) is 5.56 Å². The molecular formula is C13H20N2O4S. The number of aryl methyl sites for hydroxylation is 1. The largest absolute Gasteiger partial charge is 0.311 e. The fraction of sp³-hybridized carbons (Fsp3) is 0.538. The van der Waals surface area contributed by atoms with Crippen LogP contribution in [-0.4, -0.2) is 30.9 Å².